The van der Waals surface area contributed by atoms with E-state index in [9.17, 15) is 13.2 Å². The van der Waals surface area contributed by atoms with E-state index in [1.807, 2.05) is 0 Å². The van der Waals surface area contributed by atoms with Gasteiger partial charge in [0, 0.05) is 18.5 Å². The third-order valence-corrected chi connectivity index (χ3v) is 5.60. The first-order valence-corrected chi connectivity index (χ1v) is 8.58. The van der Waals surface area contributed by atoms with Crippen LogP contribution in [0.3, 0.4) is 0 Å². The summed E-state index contributed by atoms with van der Waals surface area (Å²) in [7, 11) is -3.49. The SMILES string of the molecule is CC(OS(C)(=O)=O)[C@@H]1[C@@H]2CN(C(=O)O)C[C@@]12C(C)(C)C. The second kappa shape index (κ2) is 4.34. The maximum Gasteiger partial charge on any atom is 0.407 e. The van der Waals surface area contributed by atoms with Crippen LogP contribution in [0.25, 0.3) is 0 Å². The fourth-order valence-corrected chi connectivity index (χ4v) is 4.86. The number of piperidine rings is 1. The van der Waals surface area contributed by atoms with Gasteiger partial charge in [0.25, 0.3) is 10.1 Å². The van der Waals surface area contributed by atoms with Crippen LogP contribution in [0, 0.1) is 22.7 Å². The zero-order valence-electron chi connectivity index (χ0n) is 12.6. The van der Waals surface area contributed by atoms with Crippen LogP contribution >= 0.6 is 0 Å². The van der Waals surface area contributed by atoms with Crippen LogP contribution in [0.2, 0.25) is 0 Å². The molecule has 1 saturated heterocycles. The van der Waals surface area contributed by atoms with E-state index in [1.54, 1.807) is 6.92 Å². The molecule has 0 spiro atoms. The quantitative estimate of drug-likeness (QED) is 0.801. The highest BCUT2D eigenvalue weighted by Gasteiger charge is 2.75. The van der Waals surface area contributed by atoms with Crippen molar-refractivity contribution in [3.05, 3.63) is 0 Å². The second-order valence-corrected chi connectivity index (χ2v) is 8.69. The molecule has 1 amide bonds. The lowest BCUT2D eigenvalue weighted by Crippen LogP contribution is -2.39. The first-order chi connectivity index (χ1) is 8.90. The van der Waals surface area contributed by atoms with Crippen LogP contribution in [-0.4, -0.2) is 50.0 Å². The van der Waals surface area contributed by atoms with Gasteiger partial charge in [-0.2, -0.15) is 8.42 Å². The lowest BCUT2D eigenvalue weighted by molar-refractivity contribution is 0.0917. The van der Waals surface area contributed by atoms with Crippen LogP contribution < -0.4 is 0 Å². The van der Waals surface area contributed by atoms with E-state index in [0.29, 0.717) is 13.1 Å². The summed E-state index contributed by atoms with van der Waals surface area (Å²) in [6, 6.07) is 0. The molecule has 0 aromatic carbocycles. The first kappa shape index (κ1) is 15.6. The molecule has 0 aromatic heterocycles. The summed E-state index contributed by atoms with van der Waals surface area (Å²) in [5, 5.41) is 9.14. The Morgan fingerprint density at radius 1 is 1.45 bits per heavy atom. The predicted molar refractivity (Wildman–Crippen MR) is 73.9 cm³/mol. The molecular formula is C13H23NO5S. The summed E-state index contributed by atoms with van der Waals surface area (Å²) in [6.07, 6.45) is -0.268. The van der Waals surface area contributed by atoms with Crippen LogP contribution in [-0.2, 0) is 14.3 Å². The lowest BCUT2D eigenvalue weighted by atomic mass is 9.75. The molecule has 4 atom stereocenters. The molecule has 1 N–H and O–H groups in total. The molecule has 2 rings (SSSR count). The van der Waals surface area contributed by atoms with E-state index in [4.69, 9.17) is 9.29 Å². The lowest BCUT2D eigenvalue weighted by Gasteiger charge is -2.34. The highest BCUT2D eigenvalue weighted by molar-refractivity contribution is 7.86. The van der Waals surface area contributed by atoms with Gasteiger partial charge in [-0.15, -0.1) is 0 Å². The van der Waals surface area contributed by atoms with Crippen molar-refractivity contribution in [3.63, 3.8) is 0 Å². The molecular weight excluding hydrogens is 282 g/mol. The van der Waals surface area contributed by atoms with Gasteiger partial charge in [-0.25, -0.2) is 4.79 Å². The van der Waals surface area contributed by atoms with Gasteiger partial charge in [-0.3, -0.25) is 4.18 Å². The molecule has 0 aromatic rings. The highest BCUT2D eigenvalue weighted by atomic mass is 32.2. The van der Waals surface area contributed by atoms with Gasteiger partial charge in [0.05, 0.1) is 12.4 Å². The zero-order chi connectivity index (χ0) is 15.5. The van der Waals surface area contributed by atoms with E-state index in [0.717, 1.165) is 6.26 Å². The van der Waals surface area contributed by atoms with Crippen LogP contribution in [0.5, 0.6) is 0 Å². The molecule has 20 heavy (non-hydrogen) atoms. The Hall–Kier alpha value is -0.820. The van der Waals surface area contributed by atoms with Gasteiger partial charge in [0.1, 0.15) is 0 Å². The minimum atomic E-state index is -3.49. The third kappa shape index (κ3) is 2.30. The molecule has 1 unspecified atom stereocenters. The Balaban J connectivity index is 2.21. The fourth-order valence-electron chi connectivity index (χ4n) is 4.19. The Bertz CT molecular complexity index is 523. The number of amides is 1. The predicted octanol–water partition coefficient (Wildman–Crippen LogP) is 1.62. The van der Waals surface area contributed by atoms with Gasteiger partial charge >= 0.3 is 6.09 Å². The number of carbonyl (C=O) groups is 1. The average Bonchev–Trinajstić information content (AvgIpc) is 2.67. The number of rotatable bonds is 3. The van der Waals surface area contributed by atoms with Crippen LogP contribution in [0.1, 0.15) is 27.7 Å². The van der Waals surface area contributed by atoms with Crippen molar-refractivity contribution in [3.8, 4) is 0 Å². The zero-order valence-corrected chi connectivity index (χ0v) is 13.4. The summed E-state index contributed by atoms with van der Waals surface area (Å²) >= 11 is 0. The fraction of sp³-hybridized carbons (Fsp3) is 0.923. The number of hydrogen-bond acceptors (Lipinski definition) is 4. The summed E-state index contributed by atoms with van der Waals surface area (Å²) < 4.78 is 27.7. The van der Waals surface area contributed by atoms with Crippen molar-refractivity contribution in [1.82, 2.24) is 4.90 Å². The molecule has 0 bridgehead atoms. The Labute approximate surface area is 120 Å². The summed E-state index contributed by atoms with van der Waals surface area (Å²) in [4.78, 5) is 12.6. The van der Waals surface area contributed by atoms with E-state index in [-0.39, 0.29) is 22.7 Å². The van der Waals surface area contributed by atoms with E-state index in [2.05, 4.69) is 20.8 Å². The number of carboxylic acid groups (broad SMARTS) is 1. The normalized spacial score (nSPS) is 34.8. The minimum absolute atomic E-state index is 0.0906. The summed E-state index contributed by atoms with van der Waals surface area (Å²) in [5.41, 5.74) is -0.281. The third-order valence-electron chi connectivity index (χ3n) is 4.95. The number of hydrogen-bond donors (Lipinski definition) is 1. The average molecular weight is 305 g/mol. The van der Waals surface area contributed by atoms with E-state index >= 15 is 0 Å². The molecule has 1 aliphatic heterocycles. The Morgan fingerprint density at radius 3 is 2.35 bits per heavy atom. The Kier molecular flexibility index (Phi) is 3.37. The van der Waals surface area contributed by atoms with Crippen LogP contribution in [0.15, 0.2) is 0 Å². The van der Waals surface area contributed by atoms with Crippen LogP contribution in [0.4, 0.5) is 4.79 Å². The smallest absolute Gasteiger partial charge is 0.407 e. The first-order valence-electron chi connectivity index (χ1n) is 6.76. The van der Waals surface area contributed by atoms with Gasteiger partial charge in [0.2, 0.25) is 0 Å². The van der Waals surface area contributed by atoms with Gasteiger partial charge < -0.3 is 10.0 Å². The summed E-state index contributed by atoms with van der Waals surface area (Å²) in [5.74, 6) is 0.267. The highest BCUT2D eigenvalue weighted by Crippen LogP contribution is 2.72. The van der Waals surface area contributed by atoms with Crippen molar-refractivity contribution < 1.29 is 22.5 Å². The Morgan fingerprint density at radius 2 is 2.00 bits per heavy atom. The molecule has 1 saturated carbocycles. The van der Waals surface area contributed by atoms with Crippen molar-refractivity contribution in [2.75, 3.05) is 19.3 Å². The van der Waals surface area contributed by atoms with Crippen molar-refractivity contribution in [1.29, 1.82) is 0 Å². The molecule has 1 heterocycles. The van der Waals surface area contributed by atoms with Gasteiger partial charge in [-0.1, -0.05) is 20.8 Å². The molecule has 2 fully saturated rings. The van der Waals surface area contributed by atoms with Gasteiger partial charge in [0.15, 0.2) is 0 Å². The monoisotopic (exact) mass is 305 g/mol. The number of nitrogens with zero attached hydrogens (tertiary/aromatic N) is 1. The largest absolute Gasteiger partial charge is 0.465 e. The maximum absolute atomic E-state index is 11.3. The minimum Gasteiger partial charge on any atom is -0.465 e. The summed E-state index contributed by atoms with van der Waals surface area (Å²) in [6.45, 7) is 8.94. The molecule has 2 aliphatic rings. The van der Waals surface area contributed by atoms with Gasteiger partial charge in [-0.05, 0) is 24.2 Å². The standard InChI is InChI=1S/C13H23NO5S/c1-8(19-20(5,17)18)10-9-6-14(11(15)16)7-13(9,10)12(2,3)4/h8-10H,6-7H2,1-5H3,(H,15,16)/t8?,9-,10+,13-/m0/s1. The molecule has 0 radical (unpaired) electrons. The number of fused-ring (bicyclic) bond motifs is 1. The van der Waals surface area contributed by atoms with E-state index in [1.165, 1.54) is 4.90 Å². The second-order valence-electron chi connectivity index (χ2n) is 7.09. The molecule has 6 nitrogen and oxygen atoms in total. The van der Waals surface area contributed by atoms with Crippen molar-refractivity contribution >= 4 is 16.2 Å². The number of likely N-dealkylation sites (tertiary alicyclic amines) is 1. The topological polar surface area (TPSA) is 83.9 Å². The van der Waals surface area contributed by atoms with Crippen molar-refractivity contribution in [2.45, 2.75) is 33.8 Å². The maximum atomic E-state index is 11.3. The molecule has 1 aliphatic carbocycles. The van der Waals surface area contributed by atoms with Crippen molar-refractivity contribution in [2.24, 2.45) is 22.7 Å². The molecule has 116 valence electrons. The molecule has 7 heteroatoms. The van der Waals surface area contributed by atoms with E-state index < -0.39 is 22.3 Å².